The van der Waals surface area contributed by atoms with Crippen LogP contribution in [0.5, 0.6) is 0 Å². The van der Waals surface area contributed by atoms with Gasteiger partial charge in [0, 0.05) is 38.2 Å². The number of carbonyl (C=O) groups is 3. The lowest BCUT2D eigenvalue weighted by molar-refractivity contribution is -0.119. The average molecular weight is 347 g/mol. The van der Waals surface area contributed by atoms with Crippen molar-refractivity contribution in [1.29, 1.82) is 0 Å². The van der Waals surface area contributed by atoms with Crippen molar-refractivity contribution in [2.75, 3.05) is 19.7 Å². The summed E-state index contributed by atoms with van der Waals surface area (Å²) in [6, 6.07) is 7.21. The number of rotatable bonds is 5. The van der Waals surface area contributed by atoms with Crippen LogP contribution in [0.15, 0.2) is 24.3 Å². The molecule has 1 aliphatic heterocycles. The van der Waals surface area contributed by atoms with E-state index in [1.54, 1.807) is 24.0 Å². The highest BCUT2D eigenvalue weighted by Gasteiger charge is 2.24. The minimum Gasteiger partial charge on any atom is -0.450 e. The zero-order valence-electron chi connectivity index (χ0n) is 14.7. The van der Waals surface area contributed by atoms with E-state index >= 15 is 0 Å². The van der Waals surface area contributed by atoms with Crippen LogP contribution < -0.4 is 10.6 Å². The Morgan fingerprint density at radius 1 is 1.16 bits per heavy atom. The van der Waals surface area contributed by atoms with Crippen LogP contribution in [0.4, 0.5) is 4.79 Å². The minimum absolute atomic E-state index is 0.0530. The molecule has 1 saturated heterocycles. The largest absolute Gasteiger partial charge is 0.450 e. The Bertz CT molecular complexity index is 607. The molecule has 2 N–H and O–H groups in total. The minimum atomic E-state index is -0.290. The molecule has 0 spiro atoms. The molecule has 2 rings (SSSR count). The normalized spacial score (nSPS) is 14.7. The van der Waals surface area contributed by atoms with Crippen LogP contribution in [0.2, 0.25) is 0 Å². The summed E-state index contributed by atoms with van der Waals surface area (Å²) in [6.07, 6.45) is 1.14. The summed E-state index contributed by atoms with van der Waals surface area (Å²) >= 11 is 0. The molecule has 0 atom stereocenters. The van der Waals surface area contributed by atoms with Gasteiger partial charge in [0.25, 0.3) is 5.91 Å². The molecule has 1 aromatic carbocycles. The Morgan fingerprint density at radius 2 is 1.80 bits per heavy atom. The maximum atomic E-state index is 12.3. The van der Waals surface area contributed by atoms with Gasteiger partial charge in [-0.1, -0.05) is 12.1 Å². The van der Waals surface area contributed by atoms with E-state index in [0.29, 0.717) is 44.6 Å². The second-order valence-corrected chi connectivity index (χ2v) is 6.04. The molecule has 0 unspecified atom stereocenters. The van der Waals surface area contributed by atoms with Crippen LogP contribution in [0.1, 0.15) is 42.6 Å². The van der Waals surface area contributed by atoms with E-state index in [9.17, 15) is 14.4 Å². The number of hydrogen-bond donors (Lipinski definition) is 2. The third kappa shape index (κ3) is 5.77. The zero-order valence-corrected chi connectivity index (χ0v) is 14.7. The van der Waals surface area contributed by atoms with Gasteiger partial charge in [-0.3, -0.25) is 9.59 Å². The molecule has 1 aromatic rings. The number of hydrogen-bond acceptors (Lipinski definition) is 4. The molecule has 0 bridgehead atoms. The third-order valence-corrected chi connectivity index (χ3v) is 4.11. The summed E-state index contributed by atoms with van der Waals surface area (Å²) in [7, 11) is 0. The monoisotopic (exact) mass is 347 g/mol. The topological polar surface area (TPSA) is 87.7 Å². The van der Waals surface area contributed by atoms with Crippen LogP contribution in [0.25, 0.3) is 0 Å². The molecular weight excluding hydrogens is 322 g/mol. The Balaban J connectivity index is 1.80. The van der Waals surface area contributed by atoms with Crippen molar-refractivity contribution in [3.8, 4) is 0 Å². The number of ether oxygens (including phenoxy) is 1. The highest BCUT2D eigenvalue weighted by atomic mass is 16.6. The van der Waals surface area contributed by atoms with Crippen molar-refractivity contribution in [2.24, 2.45) is 0 Å². The quantitative estimate of drug-likeness (QED) is 0.848. The Kier molecular flexibility index (Phi) is 6.80. The lowest BCUT2D eigenvalue weighted by Crippen LogP contribution is -2.46. The van der Waals surface area contributed by atoms with Crippen molar-refractivity contribution in [3.63, 3.8) is 0 Å². The van der Waals surface area contributed by atoms with Gasteiger partial charge < -0.3 is 20.3 Å². The number of carbonyl (C=O) groups excluding carboxylic acids is 3. The number of nitrogens with zero attached hydrogens (tertiary/aromatic N) is 1. The van der Waals surface area contributed by atoms with E-state index in [0.717, 1.165) is 5.56 Å². The van der Waals surface area contributed by atoms with Crippen LogP contribution in [-0.2, 0) is 16.1 Å². The van der Waals surface area contributed by atoms with Crippen LogP contribution in [0, 0.1) is 0 Å². The summed E-state index contributed by atoms with van der Waals surface area (Å²) < 4.78 is 4.99. The molecule has 1 heterocycles. The number of benzene rings is 1. The van der Waals surface area contributed by atoms with E-state index in [1.165, 1.54) is 6.92 Å². The third-order valence-electron chi connectivity index (χ3n) is 4.11. The van der Waals surface area contributed by atoms with Crippen LogP contribution in [-0.4, -0.2) is 48.5 Å². The SMILES string of the molecule is CCOC(=O)N1CCC(NC(=O)c2ccc(CNC(C)=O)cc2)CC1. The van der Waals surface area contributed by atoms with Crippen molar-refractivity contribution in [3.05, 3.63) is 35.4 Å². The van der Waals surface area contributed by atoms with Gasteiger partial charge in [0.05, 0.1) is 6.61 Å². The van der Waals surface area contributed by atoms with E-state index in [2.05, 4.69) is 10.6 Å². The van der Waals surface area contributed by atoms with Crippen LogP contribution >= 0.6 is 0 Å². The van der Waals surface area contributed by atoms with E-state index in [1.807, 2.05) is 12.1 Å². The first kappa shape index (κ1) is 18.8. The van der Waals surface area contributed by atoms with E-state index < -0.39 is 0 Å². The molecule has 1 aliphatic rings. The molecule has 0 saturated carbocycles. The molecule has 0 radical (unpaired) electrons. The molecule has 0 aliphatic carbocycles. The number of amides is 3. The van der Waals surface area contributed by atoms with Gasteiger partial charge in [-0.15, -0.1) is 0 Å². The van der Waals surface area contributed by atoms with Gasteiger partial charge in [0.2, 0.25) is 5.91 Å². The van der Waals surface area contributed by atoms with Crippen molar-refractivity contribution in [1.82, 2.24) is 15.5 Å². The standard InChI is InChI=1S/C18H25N3O4/c1-3-25-18(24)21-10-8-16(9-11-21)20-17(23)15-6-4-14(5-7-15)12-19-13(2)22/h4-7,16H,3,8-12H2,1-2H3,(H,19,22)(H,20,23). The molecule has 25 heavy (non-hydrogen) atoms. The van der Waals surface area contributed by atoms with Crippen molar-refractivity contribution in [2.45, 2.75) is 39.3 Å². The first-order valence-corrected chi connectivity index (χ1v) is 8.55. The molecule has 136 valence electrons. The molecule has 7 heteroatoms. The first-order valence-electron chi connectivity index (χ1n) is 8.55. The van der Waals surface area contributed by atoms with Gasteiger partial charge in [0.15, 0.2) is 0 Å². The van der Waals surface area contributed by atoms with Gasteiger partial charge in [-0.05, 0) is 37.5 Å². The molecular formula is C18H25N3O4. The maximum Gasteiger partial charge on any atom is 0.409 e. The lowest BCUT2D eigenvalue weighted by atomic mass is 10.0. The lowest BCUT2D eigenvalue weighted by Gasteiger charge is -2.31. The van der Waals surface area contributed by atoms with Gasteiger partial charge in [-0.25, -0.2) is 4.79 Å². The molecule has 0 aromatic heterocycles. The molecule has 7 nitrogen and oxygen atoms in total. The smallest absolute Gasteiger partial charge is 0.409 e. The average Bonchev–Trinajstić information content (AvgIpc) is 2.61. The van der Waals surface area contributed by atoms with Crippen molar-refractivity contribution >= 4 is 17.9 Å². The number of likely N-dealkylation sites (tertiary alicyclic amines) is 1. The van der Waals surface area contributed by atoms with Gasteiger partial charge in [0.1, 0.15) is 0 Å². The fraction of sp³-hybridized carbons (Fsp3) is 0.500. The highest BCUT2D eigenvalue weighted by Crippen LogP contribution is 2.13. The molecule has 1 fully saturated rings. The summed E-state index contributed by atoms with van der Waals surface area (Å²) in [5, 5.41) is 5.73. The highest BCUT2D eigenvalue weighted by molar-refractivity contribution is 5.94. The van der Waals surface area contributed by atoms with E-state index in [4.69, 9.17) is 4.74 Å². The number of nitrogens with one attached hydrogen (secondary N) is 2. The predicted octanol–water partition coefficient (Wildman–Crippen LogP) is 1.67. The van der Waals surface area contributed by atoms with Crippen LogP contribution in [0.3, 0.4) is 0 Å². The first-order chi connectivity index (χ1) is 12.0. The maximum absolute atomic E-state index is 12.3. The number of piperidine rings is 1. The van der Waals surface area contributed by atoms with Gasteiger partial charge >= 0.3 is 6.09 Å². The van der Waals surface area contributed by atoms with E-state index in [-0.39, 0.29) is 23.9 Å². The Morgan fingerprint density at radius 3 is 2.36 bits per heavy atom. The summed E-state index contributed by atoms with van der Waals surface area (Å²) in [5.41, 5.74) is 1.52. The second-order valence-electron chi connectivity index (χ2n) is 6.04. The summed E-state index contributed by atoms with van der Waals surface area (Å²) in [5.74, 6) is -0.211. The molecule has 3 amide bonds. The fourth-order valence-corrected chi connectivity index (χ4v) is 2.69. The Labute approximate surface area is 147 Å². The zero-order chi connectivity index (χ0) is 18.2. The fourth-order valence-electron chi connectivity index (χ4n) is 2.69. The van der Waals surface area contributed by atoms with Crippen molar-refractivity contribution < 1.29 is 19.1 Å². The van der Waals surface area contributed by atoms with Gasteiger partial charge in [-0.2, -0.15) is 0 Å². The Hall–Kier alpha value is -2.57. The second kappa shape index (κ2) is 9.05. The summed E-state index contributed by atoms with van der Waals surface area (Å²) in [4.78, 5) is 36.6. The predicted molar refractivity (Wildman–Crippen MR) is 93.0 cm³/mol. The summed E-state index contributed by atoms with van der Waals surface area (Å²) in [6.45, 7) is 5.23.